The zero-order valence-corrected chi connectivity index (χ0v) is 17.5. The Kier molecular flexibility index (Phi) is 3.88. The molecule has 0 bridgehead atoms. The molecular formula is C22H36OSi. The van der Waals surface area contributed by atoms with Crippen LogP contribution in [0.1, 0.15) is 65.2 Å². The predicted molar refractivity (Wildman–Crippen MR) is 104 cm³/mol. The third kappa shape index (κ3) is 2.64. The predicted octanol–water partition coefficient (Wildman–Crippen LogP) is 6.68. The van der Waals surface area contributed by atoms with Gasteiger partial charge in [-0.25, -0.2) is 0 Å². The third-order valence-corrected chi connectivity index (χ3v) is 8.83. The van der Waals surface area contributed by atoms with Crippen molar-refractivity contribution >= 4 is 8.32 Å². The van der Waals surface area contributed by atoms with Gasteiger partial charge in [-0.15, -0.1) is 0 Å². The first-order valence-corrected chi connectivity index (χ1v) is 13.7. The molecule has 0 spiro atoms. The Balaban J connectivity index is 1.58. The maximum absolute atomic E-state index is 6.32. The summed E-state index contributed by atoms with van der Waals surface area (Å²) in [5.74, 6) is 4.10. The van der Waals surface area contributed by atoms with Crippen molar-refractivity contribution in [1.29, 1.82) is 0 Å². The summed E-state index contributed by atoms with van der Waals surface area (Å²) < 4.78 is 6.32. The first-order chi connectivity index (χ1) is 11.2. The molecular weight excluding hydrogens is 308 g/mol. The smallest absolute Gasteiger partial charge is 0.242 e. The van der Waals surface area contributed by atoms with Gasteiger partial charge in [-0.1, -0.05) is 25.8 Å². The molecule has 4 aliphatic carbocycles. The van der Waals surface area contributed by atoms with Crippen LogP contribution in [0.2, 0.25) is 19.6 Å². The summed E-state index contributed by atoms with van der Waals surface area (Å²) in [7, 11) is -1.50. The highest BCUT2D eigenvalue weighted by Gasteiger charge is 2.55. The van der Waals surface area contributed by atoms with Crippen LogP contribution in [-0.4, -0.2) is 8.32 Å². The van der Waals surface area contributed by atoms with Crippen molar-refractivity contribution in [2.75, 3.05) is 0 Å². The van der Waals surface area contributed by atoms with Gasteiger partial charge in [0.15, 0.2) is 0 Å². The first kappa shape index (κ1) is 16.9. The minimum Gasteiger partial charge on any atom is -0.545 e. The van der Waals surface area contributed by atoms with Crippen molar-refractivity contribution in [3.05, 3.63) is 23.5 Å². The molecule has 0 heterocycles. The quantitative estimate of drug-likeness (QED) is 0.507. The molecule has 0 amide bonds. The number of allylic oxidation sites excluding steroid dienone is 3. The van der Waals surface area contributed by atoms with Crippen LogP contribution in [0, 0.1) is 28.6 Å². The van der Waals surface area contributed by atoms with E-state index in [4.69, 9.17) is 4.43 Å². The van der Waals surface area contributed by atoms with Crippen molar-refractivity contribution < 1.29 is 4.43 Å². The fourth-order valence-electron chi connectivity index (χ4n) is 6.81. The highest BCUT2D eigenvalue weighted by molar-refractivity contribution is 6.70. The summed E-state index contributed by atoms with van der Waals surface area (Å²) in [6.45, 7) is 12.1. The summed E-state index contributed by atoms with van der Waals surface area (Å²) in [6, 6.07) is 0. The standard InChI is InChI=1S/C22H36OSi/c1-21-12-6-7-19(21)18-9-8-16-15-17(23-24(3,4)5)10-14-22(16,2)20(18)11-13-21/h10,15,18-20H,6-9,11-14H2,1-5H3/t18?,19?,20?,21-,22-/m0/s1. The SMILES string of the molecule is C[C@@]12CCCC1C1CCC3=CC(O[Si](C)(C)C)=CC[C@]3(C)C1CC2. The van der Waals surface area contributed by atoms with Gasteiger partial charge in [0.25, 0.3) is 0 Å². The summed E-state index contributed by atoms with van der Waals surface area (Å²) in [4.78, 5) is 0. The van der Waals surface area contributed by atoms with Crippen molar-refractivity contribution in [1.82, 2.24) is 0 Å². The highest BCUT2D eigenvalue weighted by atomic mass is 28.4. The molecule has 4 rings (SSSR count). The highest BCUT2D eigenvalue weighted by Crippen LogP contribution is 2.65. The Morgan fingerprint density at radius 2 is 1.83 bits per heavy atom. The summed E-state index contributed by atoms with van der Waals surface area (Å²) in [5, 5.41) is 0. The molecule has 0 aliphatic heterocycles. The molecule has 3 saturated carbocycles. The van der Waals surface area contributed by atoms with E-state index in [1.54, 1.807) is 5.57 Å². The van der Waals surface area contributed by atoms with Gasteiger partial charge >= 0.3 is 0 Å². The molecule has 5 atom stereocenters. The molecule has 3 unspecified atom stereocenters. The van der Waals surface area contributed by atoms with E-state index in [0.717, 1.165) is 17.8 Å². The lowest BCUT2D eigenvalue weighted by atomic mass is 9.48. The second kappa shape index (κ2) is 5.49. The molecule has 0 aromatic heterocycles. The van der Waals surface area contributed by atoms with Gasteiger partial charge in [0.1, 0.15) is 0 Å². The number of rotatable bonds is 2. The molecule has 0 aromatic carbocycles. The summed E-state index contributed by atoms with van der Waals surface area (Å²) in [5.41, 5.74) is 2.80. The van der Waals surface area contributed by atoms with Gasteiger partial charge in [-0.2, -0.15) is 0 Å². The van der Waals surface area contributed by atoms with Crippen LogP contribution in [0.4, 0.5) is 0 Å². The summed E-state index contributed by atoms with van der Waals surface area (Å²) >= 11 is 0. The largest absolute Gasteiger partial charge is 0.545 e. The Morgan fingerprint density at radius 3 is 2.58 bits per heavy atom. The van der Waals surface area contributed by atoms with Crippen LogP contribution < -0.4 is 0 Å². The molecule has 0 radical (unpaired) electrons. The van der Waals surface area contributed by atoms with Gasteiger partial charge in [0.2, 0.25) is 8.32 Å². The molecule has 3 fully saturated rings. The van der Waals surface area contributed by atoms with Gasteiger partial charge < -0.3 is 4.43 Å². The zero-order valence-electron chi connectivity index (χ0n) is 16.5. The van der Waals surface area contributed by atoms with Crippen LogP contribution in [0.25, 0.3) is 0 Å². The molecule has 134 valence electrons. The maximum Gasteiger partial charge on any atom is 0.242 e. The average molecular weight is 345 g/mol. The van der Waals surface area contributed by atoms with Crippen molar-refractivity contribution in [3.63, 3.8) is 0 Å². The molecule has 4 aliphatic rings. The van der Waals surface area contributed by atoms with E-state index >= 15 is 0 Å². The first-order valence-electron chi connectivity index (χ1n) is 10.3. The Hall–Kier alpha value is -0.503. The van der Waals surface area contributed by atoms with E-state index in [1.165, 1.54) is 57.1 Å². The minimum atomic E-state index is -1.50. The molecule has 24 heavy (non-hydrogen) atoms. The molecule has 0 aromatic rings. The van der Waals surface area contributed by atoms with Crippen molar-refractivity contribution in [3.8, 4) is 0 Å². The van der Waals surface area contributed by atoms with Crippen LogP contribution in [0.5, 0.6) is 0 Å². The zero-order chi connectivity index (χ0) is 17.2. The average Bonchev–Trinajstić information content (AvgIpc) is 2.88. The monoisotopic (exact) mass is 344 g/mol. The second-order valence-electron chi connectivity index (χ2n) is 10.6. The van der Waals surface area contributed by atoms with Gasteiger partial charge in [-0.05, 0) is 105 Å². The lowest BCUT2D eigenvalue weighted by molar-refractivity contribution is -0.0305. The van der Waals surface area contributed by atoms with E-state index in [9.17, 15) is 0 Å². The normalized spacial score (nSPS) is 44.8. The van der Waals surface area contributed by atoms with E-state index in [1.807, 2.05) is 0 Å². The van der Waals surface area contributed by atoms with Crippen LogP contribution >= 0.6 is 0 Å². The summed E-state index contributed by atoms with van der Waals surface area (Å²) in [6.07, 6.45) is 16.3. The lowest BCUT2D eigenvalue weighted by Gasteiger charge is -2.57. The fourth-order valence-corrected chi connectivity index (χ4v) is 7.66. The number of hydrogen-bond donors (Lipinski definition) is 0. The van der Waals surface area contributed by atoms with Crippen molar-refractivity contribution in [2.24, 2.45) is 28.6 Å². The minimum absolute atomic E-state index is 0.416. The molecule has 0 N–H and O–H groups in total. The van der Waals surface area contributed by atoms with Crippen LogP contribution in [-0.2, 0) is 4.43 Å². The van der Waals surface area contributed by atoms with E-state index in [0.29, 0.717) is 10.8 Å². The Morgan fingerprint density at radius 1 is 1.04 bits per heavy atom. The number of hydrogen-bond acceptors (Lipinski definition) is 1. The van der Waals surface area contributed by atoms with Crippen molar-refractivity contribution in [2.45, 2.75) is 84.9 Å². The number of fused-ring (bicyclic) bond motifs is 5. The van der Waals surface area contributed by atoms with E-state index in [-0.39, 0.29) is 0 Å². The van der Waals surface area contributed by atoms with Gasteiger partial charge in [-0.3, -0.25) is 0 Å². The maximum atomic E-state index is 6.32. The second-order valence-corrected chi connectivity index (χ2v) is 15.0. The molecule has 0 saturated heterocycles. The van der Waals surface area contributed by atoms with Crippen LogP contribution in [0.3, 0.4) is 0 Å². The Bertz CT molecular complexity index is 583. The van der Waals surface area contributed by atoms with E-state index in [2.05, 4.69) is 45.6 Å². The lowest BCUT2D eigenvalue weighted by Crippen LogP contribution is -2.48. The van der Waals surface area contributed by atoms with Crippen LogP contribution in [0.15, 0.2) is 23.5 Å². The molecule has 1 nitrogen and oxygen atoms in total. The van der Waals surface area contributed by atoms with E-state index < -0.39 is 8.32 Å². The van der Waals surface area contributed by atoms with Gasteiger partial charge in [0, 0.05) is 0 Å². The third-order valence-electron chi connectivity index (χ3n) is 7.99. The fraction of sp³-hybridized carbons (Fsp3) is 0.818. The van der Waals surface area contributed by atoms with Gasteiger partial charge in [0.05, 0.1) is 5.76 Å². The Labute approximate surface area is 150 Å². The molecule has 2 heteroatoms. The topological polar surface area (TPSA) is 9.23 Å².